The lowest BCUT2D eigenvalue weighted by atomic mass is 10.0. The van der Waals surface area contributed by atoms with Crippen LogP contribution < -0.4 is 5.32 Å². The number of morpholine rings is 1. The lowest BCUT2D eigenvalue weighted by Gasteiger charge is -2.23. The number of nitrogens with one attached hydrogen (secondary N) is 1. The van der Waals surface area contributed by atoms with Crippen molar-refractivity contribution >= 4 is 5.91 Å². The number of hydrogen-bond acceptors (Lipinski definition) is 2. The van der Waals surface area contributed by atoms with Gasteiger partial charge in [0, 0.05) is 6.54 Å². The molecular weight excluding hydrogens is 238 g/mol. The largest absolute Gasteiger partial charge is 0.362 e. The average molecular weight is 253 g/mol. The van der Waals surface area contributed by atoms with Crippen LogP contribution in [0, 0.1) is 0 Å². The minimum atomic E-state index is -0.0543. The Morgan fingerprint density at radius 2 is 1.79 bits per heavy atom. The number of amides is 1. The Kier molecular flexibility index (Phi) is 3.29. The summed E-state index contributed by atoms with van der Waals surface area (Å²) in [5.74, 6) is -0.0459. The first-order valence-corrected chi connectivity index (χ1v) is 6.36. The highest BCUT2D eigenvalue weighted by atomic mass is 16.5. The van der Waals surface area contributed by atoms with Crippen LogP contribution in [0.4, 0.5) is 0 Å². The molecule has 0 spiro atoms. The third-order valence-electron chi connectivity index (χ3n) is 3.27. The Hall–Kier alpha value is -2.13. The predicted octanol–water partition coefficient (Wildman–Crippen LogP) is 2.54. The van der Waals surface area contributed by atoms with E-state index in [9.17, 15) is 4.79 Å². The van der Waals surface area contributed by atoms with Gasteiger partial charge in [-0.15, -0.1) is 0 Å². The molecule has 2 aromatic rings. The quantitative estimate of drug-likeness (QED) is 0.893. The molecule has 1 N–H and O–H groups in total. The molecule has 1 aliphatic rings. The topological polar surface area (TPSA) is 38.3 Å². The second-order valence-electron chi connectivity index (χ2n) is 4.60. The van der Waals surface area contributed by atoms with Gasteiger partial charge in [-0.05, 0) is 22.8 Å². The normalized spacial score (nSPS) is 18.9. The van der Waals surface area contributed by atoms with Gasteiger partial charge in [0.25, 0.3) is 0 Å². The van der Waals surface area contributed by atoms with E-state index in [1.54, 1.807) is 0 Å². The number of hydrogen-bond donors (Lipinski definition) is 1. The molecule has 0 saturated carbocycles. The number of ether oxygens (including phenoxy) is 1. The molecule has 1 unspecified atom stereocenters. The van der Waals surface area contributed by atoms with Crippen molar-refractivity contribution in [3.63, 3.8) is 0 Å². The van der Waals surface area contributed by atoms with Crippen molar-refractivity contribution in [2.45, 2.75) is 6.10 Å². The Bertz CT molecular complexity index is 570. The zero-order valence-electron chi connectivity index (χ0n) is 10.5. The van der Waals surface area contributed by atoms with Crippen LogP contribution in [0.15, 0.2) is 54.6 Å². The fraction of sp³-hybridized carbons (Fsp3) is 0.188. The van der Waals surface area contributed by atoms with Crippen molar-refractivity contribution in [1.29, 1.82) is 0 Å². The Morgan fingerprint density at radius 3 is 2.53 bits per heavy atom. The fourth-order valence-corrected chi connectivity index (χ4v) is 2.26. The van der Waals surface area contributed by atoms with E-state index in [1.165, 1.54) is 11.1 Å². The summed E-state index contributed by atoms with van der Waals surface area (Å²) in [4.78, 5) is 11.1. The summed E-state index contributed by atoms with van der Waals surface area (Å²) in [7, 11) is 0. The molecule has 3 heteroatoms. The number of rotatable bonds is 2. The summed E-state index contributed by atoms with van der Waals surface area (Å²) >= 11 is 0. The molecule has 0 aliphatic carbocycles. The van der Waals surface area contributed by atoms with E-state index < -0.39 is 0 Å². The van der Waals surface area contributed by atoms with E-state index >= 15 is 0 Å². The summed E-state index contributed by atoms with van der Waals surface area (Å²) < 4.78 is 5.56. The van der Waals surface area contributed by atoms with Crippen molar-refractivity contribution in [2.75, 3.05) is 13.2 Å². The minimum Gasteiger partial charge on any atom is -0.362 e. The maximum atomic E-state index is 11.1. The zero-order chi connectivity index (χ0) is 13.1. The highest BCUT2D eigenvalue weighted by Gasteiger charge is 2.20. The van der Waals surface area contributed by atoms with Gasteiger partial charge >= 0.3 is 0 Å². The predicted molar refractivity (Wildman–Crippen MR) is 73.6 cm³/mol. The Labute approximate surface area is 112 Å². The molecule has 0 aromatic heterocycles. The second kappa shape index (κ2) is 5.24. The monoisotopic (exact) mass is 253 g/mol. The van der Waals surface area contributed by atoms with Crippen LogP contribution in [0.2, 0.25) is 0 Å². The van der Waals surface area contributed by atoms with Gasteiger partial charge in [0.05, 0.1) is 0 Å². The molecule has 1 aliphatic heterocycles. The molecule has 1 atom stereocenters. The summed E-state index contributed by atoms with van der Waals surface area (Å²) in [6.07, 6.45) is -0.0543. The van der Waals surface area contributed by atoms with Gasteiger partial charge in [-0.3, -0.25) is 4.79 Å². The van der Waals surface area contributed by atoms with Crippen molar-refractivity contribution in [3.05, 3.63) is 60.2 Å². The number of carbonyl (C=O) groups excluding carboxylic acids is 1. The SMILES string of the molecule is O=C1COC(c2cccc(-c3ccccc3)c2)CN1. The van der Waals surface area contributed by atoms with Gasteiger partial charge in [-0.1, -0.05) is 48.5 Å². The second-order valence-corrected chi connectivity index (χ2v) is 4.60. The highest BCUT2D eigenvalue weighted by Crippen LogP contribution is 2.25. The van der Waals surface area contributed by atoms with Crippen molar-refractivity contribution in [2.24, 2.45) is 0 Å². The van der Waals surface area contributed by atoms with Crippen LogP contribution in [0.25, 0.3) is 11.1 Å². The Morgan fingerprint density at radius 1 is 1.00 bits per heavy atom. The maximum absolute atomic E-state index is 11.1. The van der Waals surface area contributed by atoms with Crippen LogP contribution in [0.1, 0.15) is 11.7 Å². The van der Waals surface area contributed by atoms with E-state index in [0.717, 1.165) is 5.56 Å². The lowest BCUT2D eigenvalue weighted by Crippen LogP contribution is -2.38. The van der Waals surface area contributed by atoms with Gasteiger partial charge in [0.15, 0.2) is 0 Å². The molecule has 19 heavy (non-hydrogen) atoms. The first kappa shape index (κ1) is 11.9. The van der Waals surface area contributed by atoms with Gasteiger partial charge < -0.3 is 10.1 Å². The molecular formula is C16H15NO2. The van der Waals surface area contributed by atoms with Crippen molar-refractivity contribution < 1.29 is 9.53 Å². The van der Waals surface area contributed by atoms with Crippen molar-refractivity contribution in [3.8, 4) is 11.1 Å². The third kappa shape index (κ3) is 2.66. The number of benzene rings is 2. The third-order valence-corrected chi connectivity index (χ3v) is 3.27. The van der Waals surface area contributed by atoms with Crippen LogP contribution in [-0.2, 0) is 9.53 Å². The first-order valence-electron chi connectivity index (χ1n) is 6.36. The van der Waals surface area contributed by atoms with Gasteiger partial charge in [0.2, 0.25) is 5.91 Å². The standard InChI is InChI=1S/C16H15NO2/c18-16-11-19-15(10-17-16)14-8-4-7-13(9-14)12-5-2-1-3-6-12/h1-9,15H,10-11H2,(H,17,18). The number of carbonyl (C=O) groups is 1. The van der Waals surface area contributed by atoms with E-state index in [0.29, 0.717) is 6.54 Å². The zero-order valence-corrected chi connectivity index (χ0v) is 10.5. The molecule has 3 rings (SSSR count). The van der Waals surface area contributed by atoms with E-state index in [2.05, 4.69) is 29.6 Å². The molecule has 1 saturated heterocycles. The smallest absolute Gasteiger partial charge is 0.246 e. The van der Waals surface area contributed by atoms with Crippen LogP contribution in [0.5, 0.6) is 0 Å². The average Bonchev–Trinajstić information content (AvgIpc) is 2.49. The molecule has 1 heterocycles. The fourth-order valence-electron chi connectivity index (χ4n) is 2.26. The highest BCUT2D eigenvalue weighted by molar-refractivity contribution is 5.77. The molecule has 2 aromatic carbocycles. The van der Waals surface area contributed by atoms with Crippen molar-refractivity contribution in [1.82, 2.24) is 5.32 Å². The Balaban J connectivity index is 1.86. The summed E-state index contributed by atoms with van der Waals surface area (Å²) in [6, 6.07) is 18.5. The molecule has 1 amide bonds. The molecule has 0 radical (unpaired) electrons. The van der Waals surface area contributed by atoms with Crippen LogP contribution in [0.3, 0.4) is 0 Å². The van der Waals surface area contributed by atoms with E-state index in [-0.39, 0.29) is 18.6 Å². The summed E-state index contributed by atoms with van der Waals surface area (Å²) in [6.45, 7) is 0.678. The van der Waals surface area contributed by atoms with Gasteiger partial charge in [-0.25, -0.2) is 0 Å². The van der Waals surface area contributed by atoms with Crippen LogP contribution >= 0.6 is 0 Å². The van der Waals surface area contributed by atoms with Crippen LogP contribution in [-0.4, -0.2) is 19.1 Å². The lowest BCUT2D eigenvalue weighted by molar-refractivity contribution is -0.133. The van der Waals surface area contributed by atoms with E-state index in [1.807, 2.05) is 30.3 Å². The summed E-state index contributed by atoms with van der Waals surface area (Å²) in [5, 5.41) is 2.83. The molecule has 3 nitrogen and oxygen atoms in total. The van der Waals surface area contributed by atoms with E-state index in [4.69, 9.17) is 4.74 Å². The summed E-state index contributed by atoms with van der Waals surface area (Å²) in [5.41, 5.74) is 3.45. The van der Waals surface area contributed by atoms with Gasteiger partial charge in [0.1, 0.15) is 12.7 Å². The first-order chi connectivity index (χ1) is 9.33. The molecule has 1 fully saturated rings. The molecule has 96 valence electrons. The molecule has 0 bridgehead atoms. The van der Waals surface area contributed by atoms with Gasteiger partial charge in [-0.2, -0.15) is 0 Å². The minimum absolute atomic E-state index is 0.0459. The maximum Gasteiger partial charge on any atom is 0.246 e.